The Morgan fingerprint density at radius 3 is 1.61 bits per heavy atom. The van der Waals surface area contributed by atoms with Crippen LogP contribution in [0.15, 0.2) is 78.9 Å². The van der Waals surface area contributed by atoms with Crippen molar-refractivity contribution in [2.45, 2.75) is 11.1 Å². The molecular weight excluding hydrogens is 256 g/mol. The number of hydrogen-bond donors (Lipinski definition) is 0. The smallest absolute Gasteiger partial charge is 0.159 e. The summed E-state index contributed by atoms with van der Waals surface area (Å²) in [6.07, 6.45) is 17.4. The van der Waals surface area contributed by atoms with Gasteiger partial charge in [0.25, 0.3) is 0 Å². The van der Waals surface area contributed by atoms with E-state index in [-0.39, 0.29) is 0 Å². The summed E-state index contributed by atoms with van der Waals surface area (Å²) >= 11 is 7.21. The normalized spacial score (nSPS) is 19.2. The maximum Gasteiger partial charge on any atom is 0.207 e. The van der Waals surface area contributed by atoms with Crippen LogP contribution in [0.1, 0.15) is 0 Å². The third kappa shape index (κ3) is 1.84. The Morgan fingerprint density at radius 1 is 0.722 bits per heavy atom. The fourth-order valence-electron chi connectivity index (χ4n) is 2.72. The molecule has 1 aromatic carbocycles. The molecule has 0 amide bonds. The van der Waals surface area contributed by atoms with Crippen molar-refractivity contribution in [3.05, 3.63) is 78.9 Å². The molecule has 0 heterocycles. The Morgan fingerprint density at radius 2 is 1.17 bits per heavy atom. The number of hydrogen-bond acceptors (Lipinski definition) is 0. The molecule has 0 saturated carbocycles. The van der Waals surface area contributed by atoms with Crippen LogP contribution in [0.4, 0.5) is 0 Å². The molecule has 2 aliphatic carbocycles. The maximum absolute atomic E-state index is 7.21. The van der Waals surface area contributed by atoms with E-state index in [1.54, 1.807) is 0 Å². The lowest BCUT2D eigenvalue weighted by atomic mass is 10.4. The summed E-state index contributed by atoms with van der Waals surface area (Å²) in [5.41, 5.74) is 0.748. The van der Waals surface area contributed by atoms with Crippen LogP contribution in [0.3, 0.4) is 0 Å². The van der Waals surface area contributed by atoms with Gasteiger partial charge in [0, 0.05) is 11.1 Å². The Kier molecular flexibility index (Phi) is 3.10. The Labute approximate surface area is 114 Å². The summed E-state index contributed by atoms with van der Waals surface area (Å²) in [5, 5.41) is 1.31. The summed E-state index contributed by atoms with van der Waals surface area (Å²) in [6.45, 7) is 0. The topological polar surface area (TPSA) is 0 Å². The van der Waals surface area contributed by atoms with E-state index < -0.39 is 7.38 Å². The molecule has 0 aliphatic heterocycles. The minimum Gasteiger partial charge on any atom is -0.159 e. The molecule has 2 heteroatoms. The van der Waals surface area contributed by atoms with Crippen molar-refractivity contribution in [2.24, 2.45) is 0 Å². The van der Waals surface area contributed by atoms with Crippen LogP contribution in [0, 0.1) is 0 Å². The molecule has 1 aromatic rings. The quantitative estimate of drug-likeness (QED) is 0.574. The van der Waals surface area contributed by atoms with Crippen LogP contribution in [-0.4, -0.2) is 7.38 Å². The number of benzene rings is 1. The van der Waals surface area contributed by atoms with Crippen LogP contribution in [0.2, 0.25) is 11.1 Å². The maximum atomic E-state index is 7.21. The van der Waals surface area contributed by atoms with E-state index in [1.807, 2.05) is 0 Å². The minimum atomic E-state index is -2.13. The molecule has 2 aliphatic rings. The van der Waals surface area contributed by atoms with Crippen molar-refractivity contribution >= 4 is 23.6 Å². The van der Waals surface area contributed by atoms with Gasteiger partial charge in [0.1, 0.15) is 0 Å². The van der Waals surface area contributed by atoms with Gasteiger partial charge < -0.3 is 0 Å². The first-order chi connectivity index (χ1) is 8.82. The van der Waals surface area contributed by atoms with Crippen LogP contribution in [0.25, 0.3) is 0 Å². The second-order valence-electron chi connectivity index (χ2n) is 4.73. The Balaban J connectivity index is 2.08. The fraction of sp³-hybridized carbons (Fsp3) is 0.125. The average molecular weight is 271 g/mol. The minimum absolute atomic E-state index is 0.374. The molecule has 3 rings (SSSR count). The van der Waals surface area contributed by atoms with E-state index >= 15 is 0 Å². The van der Waals surface area contributed by atoms with Crippen LogP contribution in [-0.2, 0) is 0 Å². The SMILES string of the molecule is Cl[Si](c1ccccc1)(C1C=CC=C1)C1C=CC=C1. The lowest BCUT2D eigenvalue weighted by molar-refractivity contribution is 1.23. The monoisotopic (exact) mass is 270 g/mol. The summed E-state index contributed by atoms with van der Waals surface area (Å²) < 4.78 is 0. The van der Waals surface area contributed by atoms with Crippen molar-refractivity contribution in [2.75, 3.05) is 0 Å². The molecule has 0 unspecified atom stereocenters. The van der Waals surface area contributed by atoms with Crippen molar-refractivity contribution < 1.29 is 0 Å². The molecule has 0 nitrogen and oxygen atoms in total. The van der Waals surface area contributed by atoms with E-state index in [4.69, 9.17) is 11.1 Å². The first-order valence-corrected chi connectivity index (χ1v) is 9.43. The zero-order chi connectivity index (χ0) is 12.4. The van der Waals surface area contributed by atoms with E-state index in [0.29, 0.717) is 11.1 Å². The zero-order valence-electron chi connectivity index (χ0n) is 10.0. The predicted octanol–water partition coefficient (Wildman–Crippen LogP) is 4.07. The van der Waals surface area contributed by atoms with Gasteiger partial charge in [-0.05, 0) is 5.19 Å². The average Bonchev–Trinajstić information content (AvgIpc) is 3.12. The first kappa shape index (κ1) is 11.8. The highest BCUT2D eigenvalue weighted by Crippen LogP contribution is 2.43. The summed E-state index contributed by atoms with van der Waals surface area (Å²) in [6, 6.07) is 10.6. The van der Waals surface area contributed by atoms with Gasteiger partial charge >= 0.3 is 0 Å². The number of allylic oxidation sites excluding steroid dienone is 8. The second-order valence-corrected chi connectivity index (χ2v) is 10.0. The van der Waals surface area contributed by atoms with Gasteiger partial charge in [0.15, 0.2) is 0 Å². The molecule has 18 heavy (non-hydrogen) atoms. The largest absolute Gasteiger partial charge is 0.207 e. The van der Waals surface area contributed by atoms with Crippen LogP contribution in [0.5, 0.6) is 0 Å². The molecule has 90 valence electrons. The zero-order valence-corrected chi connectivity index (χ0v) is 11.8. The lowest BCUT2D eigenvalue weighted by Crippen LogP contribution is -2.48. The Bertz CT molecular complexity index is 487. The van der Waals surface area contributed by atoms with E-state index in [0.717, 1.165) is 0 Å². The van der Waals surface area contributed by atoms with Crippen molar-refractivity contribution in [1.29, 1.82) is 0 Å². The molecule has 0 fully saturated rings. The van der Waals surface area contributed by atoms with Gasteiger partial charge in [0.2, 0.25) is 7.38 Å². The van der Waals surface area contributed by atoms with Crippen molar-refractivity contribution in [3.63, 3.8) is 0 Å². The molecule has 0 N–H and O–H groups in total. The van der Waals surface area contributed by atoms with E-state index in [9.17, 15) is 0 Å². The molecule has 0 bridgehead atoms. The Hall–Kier alpha value is -1.31. The second kappa shape index (κ2) is 4.75. The van der Waals surface area contributed by atoms with Gasteiger partial charge in [-0.25, -0.2) is 0 Å². The lowest BCUT2D eigenvalue weighted by Gasteiger charge is -2.33. The van der Waals surface area contributed by atoms with Gasteiger partial charge in [0.05, 0.1) is 0 Å². The van der Waals surface area contributed by atoms with E-state index in [1.165, 1.54) is 5.19 Å². The number of rotatable bonds is 3. The highest BCUT2D eigenvalue weighted by molar-refractivity contribution is 7.29. The van der Waals surface area contributed by atoms with Crippen LogP contribution < -0.4 is 5.19 Å². The van der Waals surface area contributed by atoms with Crippen LogP contribution >= 0.6 is 11.1 Å². The highest BCUT2D eigenvalue weighted by atomic mass is 35.6. The predicted molar refractivity (Wildman–Crippen MR) is 81.7 cm³/mol. The van der Waals surface area contributed by atoms with Gasteiger partial charge in [-0.15, -0.1) is 0 Å². The first-order valence-electron chi connectivity index (χ1n) is 6.26. The van der Waals surface area contributed by atoms with Gasteiger partial charge in [-0.1, -0.05) is 78.9 Å². The van der Waals surface area contributed by atoms with Crippen molar-refractivity contribution in [1.82, 2.24) is 0 Å². The molecule has 0 saturated heterocycles. The fourth-order valence-corrected chi connectivity index (χ4v) is 7.46. The highest BCUT2D eigenvalue weighted by Gasteiger charge is 2.45. The molecule has 0 spiro atoms. The molecular formula is C16H15ClSi. The van der Waals surface area contributed by atoms with Crippen molar-refractivity contribution in [3.8, 4) is 0 Å². The molecule has 0 radical (unpaired) electrons. The summed E-state index contributed by atoms with van der Waals surface area (Å²) in [7, 11) is -2.13. The molecule has 0 aromatic heterocycles. The third-order valence-corrected chi connectivity index (χ3v) is 9.78. The number of halogens is 1. The molecule has 0 atom stereocenters. The van der Waals surface area contributed by atoms with E-state index in [2.05, 4.69) is 78.9 Å². The van der Waals surface area contributed by atoms with Gasteiger partial charge in [-0.2, -0.15) is 11.1 Å². The standard InChI is InChI=1S/C16H15ClSi/c17-18(15-10-4-5-11-15,16-12-6-7-13-16)14-8-2-1-3-9-14/h1-13,15-16H. The summed E-state index contributed by atoms with van der Waals surface area (Å²) in [5.74, 6) is 0. The van der Waals surface area contributed by atoms with Gasteiger partial charge in [-0.3, -0.25) is 0 Å². The third-order valence-electron chi connectivity index (χ3n) is 3.68. The summed E-state index contributed by atoms with van der Waals surface area (Å²) in [4.78, 5) is 0.